The van der Waals surface area contributed by atoms with Gasteiger partial charge in [-0.25, -0.2) is 4.98 Å². The number of carbonyl (C=O) groups excluding carboxylic acids is 1. The second-order valence-electron chi connectivity index (χ2n) is 5.75. The molecule has 1 unspecified atom stereocenters. The Morgan fingerprint density at radius 3 is 3.08 bits per heavy atom. The lowest BCUT2D eigenvalue weighted by atomic mass is 9.90. The van der Waals surface area contributed by atoms with Crippen LogP contribution in [0.1, 0.15) is 36.8 Å². The minimum atomic E-state index is 0.0306. The van der Waals surface area contributed by atoms with E-state index in [2.05, 4.69) is 10.3 Å². The Balaban J connectivity index is 1.59. The third kappa shape index (κ3) is 3.85. The number of nitrogens with zero attached hydrogens (tertiary/aromatic N) is 1. The van der Waals surface area contributed by atoms with Crippen LogP contribution in [0, 0.1) is 0 Å². The van der Waals surface area contributed by atoms with Gasteiger partial charge in [-0.05, 0) is 37.0 Å². The van der Waals surface area contributed by atoms with Crippen molar-refractivity contribution in [1.29, 1.82) is 0 Å². The van der Waals surface area contributed by atoms with Gasteiger partial charge < -0.3 is 14.8 Å². The van der Waals surface area contributed by atoms with E-state index >= 15 is 0 Å². The number of para-hydroxylation sites is 1. The highest BCUT2D eigenvalue weighted by Gasteiger charge is 2.23. The Morgan fingerprint density at radius 1 is 1.33 bits per heavy atom. The number of carbonyl (C=O) groups is 1. The lowest BCUT2D eigenvalue weighted by Crippen LogP contribution is -2.26. The molecule has 0 saturated carbocycles. The van der Waals surface area contributed by atoms with Crippen LogP contribution in [0.4, 0.5) is 0 Å². The van der Waals surface area contributed by atoms with Crippen LogP contribution in [-0.4, -0.2) is 24.1 Å². The summed E-state index contributed by atoms with van der Waals surface area (Å²) in [4.78, 5) is 16.6. The SMILES string of the molecule is CCOc1ncccc1CNC(=O)CC1CCOc2ccccc21. The van der Waals surface area contributed by atoms with Gasteiger partial charge in [-0.15, -0.1) is 0 Å². The molecule has 1 N–H and O–H groups in total. The molecule has 24 heavy (non-hydrogen) atoms. The highest BCUT2D eigenvalue weighted by atomic mass is 16.5. The molecule has 0 fully saturated rings. The van der Waals surface area contributed by atoms with E-state index in [1.807, 2.05) is 43.3 Å². The smallest absolute Gasteiger partial charge is 0.220 e. The van der Waals surface area contributed by atoms with Gasteiger partial charge in [-0.3, -0.25) is 4.79 Å². The predicted molar refractivity (Wildman–Crippen MR) is 91.2 cm³/mol. The number of fused-ring (bicyclic) bond motifs is 1. The van der Waals surface area contributed by atoms with Crippen LogP contribution in [0.25, 0.3) is 0 Å². The van der Waals surface area contributed by atoms with E-state index in [1.165, 1.54) is 0 Å². The summed E-state index contributed by atoms with van der Waals surface area (Å²) < 4.78 is 11.1. The van der Waals surface area contributed by atoms with Crippen molar-refractivity contribution in [2.75, 3.05) is 13.2 Å². The molecule has 2 aromatic rings. The van der Waals surface area contributed by atoms with Gasteiger partial charge in [0.25, 0.3) is 0 Å². The lowest BCUT2D eigenvalue weighted by molar-refractivity contribution is -0.121. The van der Waals surface area contributed by atoms with E-state index in [1.54, 1.807) is 6.20 Å². The summed E-state index contributed by atoms with van der Waals surface area (Å²) in [5.74, 6) is 1.71. The third-order valence-corrected chi connectivity index (χ3v) is 4.12. The van der Waals surface area contributed by atoms with Crippen molar-refractivity contribution in [3.05, 3.63) is 53.7 Å². The van der Waals surface area contributed by atoms with Crippen LogP contribution in [0.2, 0.25) is 0 Å². The molecule has 0 radical (unpaired) electrons. The molecule has 0 aliphatic carbocycles. The van der Waals surface area contributed by atoms with Gasteiger partial charge in [-0.2, -0.15) is 0 Å². The number of rotatable bonds is 6. The van der Waals surface area contributed by atoms with Crippen LogP contribution in [-0.2, 0) is 11.3 Å². The van der Waals surface area contributed by atoms with Crippen LogP contribution >= 0.6 is 0 Å². The number of pyridine rings is 1. The van der Waals surface area contributed by atoms with E-state index in [4.69, 9.17) is 9.47 Å². The lowest BCUT2D eigenvalue weighted by Gasteiger charge is -2.25. The van der Waals surface area contributed by atoms with Crippen molar-refractivity contribution >= 4 is 5.91 Å². The van der Waals surface area contributed by atoms with Crippen LogP contribution < -0.4 is 14.8 Å². The number of hydrogen-bond donors (Lipinski definition) is 1. The fourth-order valence-corrected chi connectivity index (χ4v) is 2.94. The Labute approximate surface area is 142 Å². The van der Waals surface area contributed by atoms with Gasteiger partial charge in [0, 0.05) is 24.7 Å². The fourth-order valence-electron chi connectivity index (χ4n) is 2.94. The zero-order chi connectivity index (χ0) is 16.8. The van der Waals surface area contributed by atoms with E-state index in [0.29, 0.717) is 32.1 Å². The first-order chi connectivity index (χ1) is 11.8. The second kappa shape index (κ2) is 7.81. The van der Waals surface area contributed by atoms with Gasteiger partial charge in [-0.1, -0.05) is 24.3 Å². The summed E-state index contributed by atoms with van der Waals surface area (Å²) in [6.07, 6.45) is 3.02. The van der Waals surface area contributed by atoms with E-state index < -0.39 is 0 Å². The molecule has 3 rings (SSSR count). The van der Waals surface area contributed by atoms with E-state index in [9.17, 15) is 4.79 Å². The first-order valence-corrected chi connectivity index (χ1v) is 8.33. The molecule has 0 spiro atoms. The molecule has 1 aromatic heterocycles. The van der Waals surface area contributed by atoms with Crippen molar-refractivity contribution in [1.82, 2.24) is 10.3 Å². The average Bonchev–Trinajstić information content (AvgIpc) is 2.62. The highest BCUT2D eigenvalue weighted by molar-refractivity contribution is 5.77. The molecule has 5 nitrogen and oxygen atoms in total. The van der Waals surface area contributed by atoms with E-state index in [0.717, 1.165) is 23.3 Å². The van der Waals surface area contributed by atoms with Crippen molar-refractivity contribution < 1.29 is 14.3 Å². The topological polar surface area (TPSA) is 60.5 Å². The second-order valence-corrected chi connectivity index (χ2v) is 5.75. The Kier molecular flexibility index (Phi) is 5.31. The first kappa shape index (κ1) is 16.3. The fraction of sp³-hybridized carbons (Fsp3) is 0.368. The number of hydrogen-bond acceptors (Lipinski definition) is 4. The largest absolute Gasteiger partial charge is 0.493 e. The Bertz CT molecular complexity index is 703. The number of benzene rings is 1. The molecular formula is C19H22N2O3. The minimum Gasteiger partial charge on any atom is -0.493 e. The molecule has 1 atom stereocenters. The summed E-state index contributed by atoms with van der Waals surface area (Å²) in [6.45, 7) is 3.55. The quantitative estimate of drug-likeness (QED) is 0.886. The molecule has 0 bridgehead atoms. The zero-order valence-electron chi connectivity index (χ0n) is 13.8. The van der Waals surface area contributed by atoms with Gasteiger partial charge in [0.15, 0.2) is 0 Å². The number of nitrogens with one attached hydrogen (secondary N) is 1. The molecule has 5 heteroatoms. The molecule has 2 heterocycles. The molecule has 0 saturated heterocycles. The monoisotopic (exact) mass is 326 g/mol. The van der Waals surface area contributed by atoms with Gasteiger partial charge in [0.1, 0.15) is 5.75 Å². The molecule has 1 aliphatic rings. The van der Waals surface area contributed by atoms with Crippen molar-refractivity contribution in [3.8, 4) is 11.6 Å². The summed E-state index contributed by atoms with van der Waals surface area (Å²) in [5.41, 5.74) is 2.01. The number of aromatic nitrogens is 1. The maximum Gasteiger partial charge on any atom is 0.220 e. The van der Waals surface area contributed by atoms with Crippen molar-refractivity contribution in [2.45, 2.75) is 32.2 Å². The van der Waals surface area contributed by atoms with E-state index in [-0.39, 0.29) is 11.8 Å². The Hall–Kier alpha value is -2.56. The maximum absolute atomic E-state index is 12.4. The summed E-state index contributed by atoms with van der Waals surface area (Å²) in [6, 6.07) is 11.7. The number of amides is 1. The van der Waals surface area contributed by atoms with Gasteiger partial charge in [0.2, 0.25) is 11.8 Å². The van der Waals surface area contributed by atoms with Crippen LogP contribution in [0.3, 0.4) is 0 Å². The zero-order valence-corrected chi connectivity index (χ0v) is 13.8. The Morgan fingerprint density at radius 2 is 2.21 bits per heavy atom. The molecular weight excluding hydrogens is 304 g/mol. The van der Waals surface area contributed by atoms with Gasteiger partial charge in [0.05, 0.1) is 13.2 Å². The number of ether oxygens (including phenoxy) is 2. The van der Waals surface area contributed by atoms with Gasteiger partial charge >= 0.3 is 0 Å². The average molecular weight is 326 g/mol. The molecule has 1 amide bonds. The summed E-state index contributed by atoms with van der Waals surface area (Å²) in [7, 11) is 0. The predicted octanol–water partition coefficient (Wildman–Crippen LogP) is 3.05. The highest BCUT2D eigenvalue weighted by Crippen LogP contribution is 2.35. The van der Waals surface area contributed by atoms with Crippen molar-refractivity contribution in [3.63, 3.8) is 0 Å². The summed E-state index contributed by atoms with van der Waals surface area (Å²) >= 11 is 0. The molecule has 126 valence electrons. The van der Waals surface area contributed by atoms with Crippen LogP contribution in [0.15, 0.2) is 42.6 Å². The first-order valence-electron chi connectivity index (χ1n) is 8.33. The van der Waals surface area contributed by atoms with Crippen LogP contribution in [0.5, 0.6) is 11.6 Å². The normalized spacial score (nSPS) is 16.0. The maximum atomic E-state index is 12.4. The minimum absolute atomic E-state index is 0.0306. The standard InChI is InChI=1S/C19H22N2O3/c1-2-23-19-15(6-5-10-20-19)13-21-18(22)12-14-9-11-24-17-8-4-3-7-16(14)17/h3-8,10,14H,2,9,11-13H2,1H3,(H,21,22). The summed E-state index contributed by atoms with van der Waals surface area (Å²) in [5, 5.41) is 2.98. The van der Waals surface area contributed by atoms with Crippen molar-refractivity contribution in [2.24, 2.45) is 0 Å². The molecule has 1 aromatic carbocycles. The third-order valence-electron chi connectivity index (χ3n) is 4.12. The molecule has 1 aliphatic heterocycles.